The smallest absolute Gasteiger partial charge is 0.341 e. The van der Waals surface area contributed by atoms with Crippen molar-refractivity contribution in [3.8, 4) is 121 Å². The summed E-state index contributed by atoms with van der Waals surface area (Å²) in [5, 5.41) is 231. The van der Waals surface area contributed by atoms with E-state index in [2.05, 4.69) is 0 Å². The number of phenols is 18. The van der Waals surface area contributed by atoms with Crippen molar-refractivity contribution in [1.29, 1.82) is 0 Å². The van der Waals surface area contributed by atoms with Crippen LogP contribution in [0.3, 0.4) is 0 Å². The first-order valence-corrected chi connectivity index (χ1v) is 31.4. The molecule has 0 bridgehead atoms. The van der Waals surface area contributed by atoms with Gasteiger partial charge in [0.15, 0.2) is 88.8 Å². The van der Waals surface area contributed by atoms with Crippen LogP contribution >= 0.6 is 0 Å². The van der Waals surface area contributed by atoms with Crippen LogP contribution in [0.1, 0.15) is 133 Å². The van der Waals surface area contributed by atoms with Gasteiger partial charge in [-0.15, -0.1) is 0 Å². The Bertz CT molecular complexity index is 4750. The molecule has 0 saturated carbocycles. The summed E-state index contributed by atoms with van der Waals surface area (Å²) in [5.74, 6) is -26.6. The standard InChI is InChI=1S/C77H70O27/c1-32-23-37(26-46(73(32)102-29-55(84)85)58(40-11-17-49(78)67(96)61(40)90)41-12-18-50(79)68(97)62(41)91)76(4,5)35-7-9-36(10-8-35)77(6,38-24-33(2)74(103-30-56(86)87)47(27-38)59(42-13-19-51(80)69(98)63(42)92)43-14-20-52(81)70(99)64(43)93)39-25-34(3)75(104-31-57(88)89)48(28-39)60(44-15-21-53(82)71(100)65(44)94)45-16-22-54(83)72(101)66(45)95/h7-28,58-60,78-83,90-101H,29-31H2,1-6H3,(H,84,85)(H,86,87)(H,88,89). The van der Waals surface area contributed by atoms with Crippen molar-refractivity contribution in [3.05, 3.63) is 228 Å². The molecule has 10 aromatic rings. The van der Waals surface area contributed by atoms with Gasteiger partial charge in [0.05, 0.1) is 0 Å². The van der Waals surface area contributed by atoms with Crippen LogP contribution in [-0.4, -0.2) is 145 Å². The van der Waals surface area contributed by atoms with Gasteiger partial charge in [-0.3, -0.25) is 0 Å². The molecule has 0 radical (unpaired) electrons. The summed E-state index contributed by atoms with van der Waals surface area (Å²) >= 11 is 0. The normalized spacial score (nSPS) is 11.7. The third-order valence-corrected chi connectivity index (χ3v) is 18.8. The summed E-state index contributed by atoms with van der Waals surface area (Å²) in [5.41, 5.74) is -2.84. The van der Waals surface area contributed by atoms with Crippen molar-refractivity contribution in [2.75, 3.05) is 19.8 Å². The average molecular weight is 1430 g/mol. The third-order valence-electron chi connectivity index (χ3n) is 18.8. The van der Waals surface area contributed by atoms with E-state index in [9.17, 15) is 122 Å². The van der Waals surface area contributed by atoms with Crippen molar-refractivity contribution < 1.29 is 136 Å². The Hall–Kier alpha value is -13.6. The molecule has 10 aromatic carbocycles. The minimum Gasteiger partial charge on any atom is -0.504 e. The van der Waals surface area contributed by atoms with Crippen LogP contribution in [-0.2, 0) is 25.2 Å². The van der Waals surface area contributed by atoms with E-state index >= 15 is 0 Å². The molecule has 0 fully saturated rings. The molecule has 104 heavy (non-hydrogen) atoms. The van der Waals surface area contributed by atoms with Crippen LogP contribution in [0.2, 0.25) is 0 Å². The van der Waals surface area contributed by atoms with Gasteiger partial charge in [-0.2, -0.15) is 0 Å². The maximum absolute atomic E-state index is 12.5. The molecule has 27 nitrogen and oxygen atoms in total. The Labute approximate surface area is 590 Å². The van der Waals surface area contributed by atoms with E-state index in [0.29, 0.717) is 16.7 Å². The Morgan fingerprint density at radius 2 is 0.490 bits per heavy atom. The van der Waals surface area contributed by atoms with Crippen LogP contribution in [0, 0.1) is 20.8 Å². The van der Waals surface area contributed by atoms with Crippen LogP contribution in [0.4, 0.5) is 0 Å². The number of hydrogen-bond acceptors (Lipinski definition) is 24. The van der Waals surface area contributed by atoms with Gasteiger partial charge in [0.2, 0.25) is 34.5 Å². The van der Waals surface area contributed by atoms with Crippen molar-refractivity contribution in [1.82, 2.24) is 0 Å². The molecule has 0 atom stereocenters. The van der Waals surface area contributed by atoms with E-state index < -0.39 is 170 Å². The zero-order valence-corrected chi connectivity index (χ0v) is 55.9. The highest BCUT2D eigenvalue weighted by atomic mass is 16.5. The SMILES string of the molecule is Cc1cc(C(C)(C)c2ccc(C(C)(c3cc(C)c(OCC(=O)O)c(C(c4ccc(O)c(O)c4O)c4ccc(O)c(O)c4O)c3)c3cc(C)c(OCC(=O)O)c(C(c4ccc(O)c(O)c4O)c4ccc(O)c(O)c4O)c3)cc2)cc(C(c2ccc(O)c(O)c2O)c2ccc(O)c(O)c2O)c1OCC(=O)O. The number of carbonyl (C=O) groups is 3. The molecule has 10 rings (SSSR count). The number of aryl methyl sites for hydroxylation is 3. The minimum atomic E-state index is -1.78. The molecule has 0 heterocycles. The number of hydrogen-bond donors (Lipinski definition) is 21. The number of aliphatic carboxylic acids is 3. The predicted molar refractivity (Wildman–Crippen MR) is 369 cm³/mol. The van der Waals surface area contributed by atoms with Crippen molar-refractivity contribution in [2.45, 2.75) is 70.1 Å². The average Bonchev–Trinajstić information content (AvgIpc) is 0.721. The molecule has 0 amide bonds. The lowest BCUT2D eigenvalue weighted by atomic mass is 9.67. The maximum atomic E-state index is 12.5. The van der Waals surface area contributed by atoms with Gasteiger partial charge in [0.1, 0.15) is 17.2 Å². The highest BCUT2D eigenvalue weighted by molar-refractivity contribution is 5.74. The van der Waals surface area contributed by atoms with Gasteiger partial charge in [0, 0.05) is 78.7 Å². The quantitative estimate of drug-likeness (QED) is 0.0209. The molecule has 0 unspecified atom stereocenters. The zero-order valence-electron chi connectivity index (χ0n) is 55.9. The predicted octanol–water partition coefficient (Wildman–Crippen LogP) is 10.9. The molecule has 0 aliphatic rings. The van der Waals surface area contributed by atoms with Crippen LogP contribution < -0.4 is 14.2 Å². The molecular formula is C77H70O27. The second-order valence-corrected chi connectivity index (χ2v) is 25.5. The summed E-state index contributed by atoms with van der Waals surface area (Å²) in [6.45, 7) is 6.85. The fourth-order valence-corrected chi connectivity index (χ4v) is 13.3. The van der Waals surface area contributed by atoms with E-state index in [1.54, 1.807) is 76.2 Å². The Balaban J connectivity index is 1.31. The first-order valence-electron chi connectivity index (χ1n) is 31.4. The number of rotatable bonds is 23. The Morgan fingerprint density at radius 1 is 0.279 bits per heavy atom. The fourth-order valence-electron chi connectivity index (χ4n) is 13.3. The van der Waals surface area contributed by atoms with Crippen LogP contribution in [0.25, 0.3) is 0 Å². The number of carboxylic acids is 3. The summed E-state index contributed by atoms with van der Waals surface area (Å²) in [7, 11) is 0. The van der Waals surface area contributed by atoms with Gasteiger partial charge in [-0.05, 0) is 121 Å². The second-order valence-electron chi connectivity index (χ2n) is 25.5. The second kappa shape index (κ2) is 27.8. The van der Waals surface area contributed by atoms with Gasteiger partial charge in [0.25, 0.3) is 0 Å². The van der Waals surface area contributed by atoms with Gasteiger partial charge >= 0.3 is 17.9 Å². The molecule has 21 N–H and O–H groups in total. The summed E-state index contributed by atoms with van der Waals surface area (Å²) in [6.07, 6.45) is 0. The number of aromatic hydroxyl groups is 18. The number of carboxylic acid groups (broad SMARTS) is 3. The number of phenolic OH excluding ortho intramolecular Hbond substituents is 18. The molecular weight excluding hydrogens is 1360 g/mol. The lowest BCUT2D eigenvalue weighted by Gasteiger charge is -2.36. The molecule has 0 saturated heterocycles. The number of ether oxygens (including phenoxy) is 3. The Morgan fingerprint density at radius 3 is 0.721 bits per heavy atom. The minimum absolute atomic E-state index is 0.0122. The first kappa shape index (κ1) is 73.1. The lowest BCUT2D eigenvalue weighted by Crippen LogP contribution is -2.28. The maximum Gasteiger partial charge on any atom is 0.341 e. The van der Waals surface area contributed by atoms with Crippen molar-refractivity contribution >= 4 is 17.9 Å². The van der Waals surface area contributed by atoms with E-state index in [1.165, 1.54) is 38.1 Å². The molecule has 0 spiro atoms. The van der Waals surface area contributed by atoms with Crippen LogP contribution in [0.5, 0.6) is 121 Å². The highest BCUT2D eigenvalue weighted by Gasteiger charge is 2.41. The van der Waals surface area contributed by atoms with E-state index in [1.807, 2.05) is 0 Å². The summed E-state index contributed by atoms with van der Waals surface area (Å²) in [6, 6.07) is 29.0. The van der Waals surface area contributed by atoms with E-state index in [0.717, 1.165) is 60.7 Å². The van der Waals surface area contributed by atoms with E-state index in [-0.39, 0.29) is 95.1 Å². The van der Waals surface area contributed by atoms with E-state index in [4.69, 9.17) is 14.2 Å². The summed E-state index contributed by atoms with van der Waals surface area (Å²) in [4.78, 5) is 37.2. The molecule has 0 aromatic heterocycles. The number of benzene rings is 10. The first-order chi connectivity index (χ1) is 48.9. The topological polar surface area (TPSA) is 504 Å². The molecule has 0 aliphatic heterocycles. The Kier molecular flexibility index (Phi) is 19.6. The lowest BCUT2D eigenvalue weighted by molar-refractivity contribution is -0.140. The largest absolute Gasteiger partial charge is 0.504 e. The molecule has 0 aliphatic carbocycles. The van der Waals surface area contributed by atoms with Gasteiger partial charge in [-0.25, -0.2) is 14.4 Å². The third kappa shape index (κ3) is 13.1. The molecule has 27 heteroatoms. The highest BCUT2D eigenvalue weighted by Crippen LogP contribution is 2.58. The van der Waals surface area contributed by atoms with Crippen LogP contribution in [0.15, 0.2) is 133 Å². The zero-order chi connectivity index (χ0) is 76.2. The molecule has 540 valence electrons. The van der Waals surface area contributed by atoms with Crippen molar-refractivity contribution in [3.63, 3.8) is 0 Å². The fraction of sp³-hybridized carbons (Fsp3) is 0.182. The van der Waals surface area contributed by atoms with Gasteiger partial charge in [-0.1, -0.05) is 98.8 Å². The van der Waals surface area contributed by atoms with Gasteiger partial charge < -0.3 is 121 Å². The monoisotopic (exact) mass is 1430 g/mol. The summed E-state index contributed by atoms with van der Waals surface area (Å²) < 4.78 is 18.1. The van der Waals surface area contributed by atoms with Crippen molar-refractivity contribution in [2.24, 2.45) is 0 Å².